The van der Waals surface area contributed by atoms with Crippen LogP contribution >= 0.6 is 7.82 Å². The number of hydrogen-bond donors (Lipinski definition) is 0. The van der Waals surface area contributed by atoms with Crippen molar-refractivity contribution in [2.24, 2.45) is 0 Å². The minimum atomic E-state index is -5.29. The molecule has 0 amide bonds. The summed E-state index contributed by atoms with van der Waals surface area (Å²) in [6, 6.07) is 59.6. The largest absolute Gasteiger partial charge is 0.647 e. The van der Waals surface area contributed by atoms with Crippen LogP contribution in [0.1, 0.15) is 0 Å². The lowest BCUT2D eigenvalue weighted by molar-refractivity contribution is -0.384. The number of phosphoric ester groups is 1. The Kier molecular flexibility index (Phi) is 12.4. The first kappa shape index (κ1) is 44.0. The fourth-order valence-corrected chi connectivity index (χ4v) is 9.48. The summed E-state index contributed by atoms with van der Waals surface area (Å²) in [5.74, 6) is -0.453. The predicted molar refractivity (Wildman–Crippen MR) is 261 cm³/mol. The summed E-state index contributed by atoms with van der Waals surface area (Å²) in [4.78, 5) is 36.9. The zero-order valence-electron chi connectivity index (χ0n) is 35.7. The van der Waals surface area contributed by atoms with Gasteiger partial charge >= 0.3 is 7.82 Å². The average molecular weight is 918 g/mol. The molecule has 14 heteroatoms. The Labute approximate surface area is 389 Å². The minimum absolute atomic E-state index is 0.143. The Bertz CT molecular complexity index is 3010. The van der Waals surface area contributed by atoms with Gasteiger partial charge in [-0.1, -0.05) is 182 Å². The third kappa shape index (κ3) is 8.92. The van der Waals surface area contributed by atoms with E-state index in [-0.39, 0.29) is 67.7 Å². The molecule has 0 bridgehead atoms. The van der Waals surface area contributed by atoms with Crippen LogP contribution in [0.5, 0.6) is 17.2 Å². The van der Waals surface area contributed by atoms with E-state index in [2.05, 4.69) is 0 Å². The van der Waals surface area contributed by atoms with Crippen LogP contribution in [-0.2, 0) is 4.57 Å². The van der Waals surface area contributed by atoms with Crippen LogP contribution in [0.4, 0.5) is 17.1 Å². The molecule has 0 spiro atoms. The molecule has 0 saturated heterocycles. The molecule has 332 valence electrons. The fraction of sp³-hybridized carbons (Fsp3) is 0. The molecule has 9 aromatic carbocycles. The van der Waals surface area contributed by atoms with Gasteiger partial charge in [-0.2, -0.15) is 4.57 Å². The van der Waals surface area contributed by atoms with Crippen LogP contribution in [0.3, 0.4) is 0 Å². The average Bonchev–Trinajstić information content (AvgIpc) is 3.37. The van der Waals surface area contributed by atoms with E-state index in [1.807, 2.05) is 0 Å². The lowest BCUT2D eigenvalue weighted by Crippen LogP contribution is -2.11. The van der Waals surface area contributed by atoms with Crippen molar-refractivity contribution >= 4 is 24.9 Å². The molecule has 0 aliphatic rings. The van der Waals surface area contributed by atoms with Crippen molar-refractivity contribution < 1.29 is 32.9 Å². The Hall–Kier alpha value is -9.19. The number of nitrogens with zero attached hydrogens (tertiary/aromatic N) is 3. The first-order chi connectivity index (χ1) is 33.1. The first-order valence-electron chi connectivity index (χ1n) is 21.1. The van der Waals surface area contributed by atoms with E-state index in [1.165, 1.54) is 36.4 Å². The van der Waals surface area contributed by atoms with Crippen LogP contribution in [-0.4, -0.2) is 14.8 Å². The van der Waals surface area contributed by atoms with Crippen molar-refractivity contribution in [3.63, 3.8) is 0 Å². The van der Waals surface area contributed by atoms with Gasteiger partial charge < -0.3 is 13.6 Å². The van der Waals surface area contributed by atoms with Gasteiger partial charge in [0, 0.05) is 34.9 Å². The molecule has 0 radical (unpaired) electrons. The molecular weight excluding hydrogens is 882 g/mol. The highest BCUT2D eigenvalue weighted by atomic mass is 31.2. The van der Waals surface area contributed by atoms with E-state index in [1.54, 1.807) is 182 Å². The molecule has 0 saturated carbocycles. The lowest BCUT2D eigenvalue weighted by atomic mass is 9.92. The molecule has 0 aliphatic carbocycles. The monoisotopic (exact) mass is 917 g/mol. The predicted octanol–water partition coefficient (Wildman–Crippen LogP) is 15.1. The van der Waals surface area contributed by atoms with E-state index in [9.17, 15) is 30.3 Å². The second kappa shape index (κ2) is 19.1. The highest BCUT2D eigenvalue weighted by Crippen LogP contribution is 2.59. The quantitative estimate of drug-likeness (QED) is 0.0547. The second-order valence-electron chi connectivity index (χ2n) is 15.2. The molecule has 68 heavy (non-hydrogen) atoms. The van der Waals surface area contributed by atoms with Crippen molar-refractivity contribution in [2.45, 2.75) is 0 Å². The Balaban J connectivity index is 1.35. The van der Waals surface area contributed by atoms with Gasteiger partial charge in [0.1, 0.15) is 17.2 Å². The van der Waals surface area contributed by atoms with Crippen molar-refractivity contribution in [1.29, 1.82) is 0 Å². The summed E-state index contributed by atoms with van der Waals surface area (Å²) in [6.45, 7) is 0. The van der Waals surface area contributed by atoms with E-state index in [0.717, 1.165) is 0 Å². The van der Waals surface area contributed by atoms with Gasteiger partial charge in [0.2, 0.25) is 0 Å². The van der Waals surface area contributed by atoms with E-state index < -0.39 is 22.6 Å². The number of nitro benzene ring substituents is 3. The summed E-state index contributed by atoms with van der Waals surface area (Å²) in [7, 11) is -5.29. The topological polar surface area (TPSA) is 174 Å². The van der Waals surface area contributed by atoms with Crippen LogP contribution in [0, 0.1) is 30.3 Å². The maximum Gasteiger partial charge on any atom is 0.647 e. The summed E-state index contributed by atoms with van der Waals surface area (Å²) < 4.78 is 36.3. The number of phosphoric acid groups is 1. The zero-order valence-corrected chi connectivity index (χ0v) is 36.6. The van der Waals surface area contributed by atoms with Crippen LogP contribution in [0.2, 0.25) is 0 Å². The van der Waals surface area contributed by atoms with Crippen molar-refractivity contribution in [3.8, 4) is 84.0 Å². The van der Waals surface area contributed by atoms with E-state index >= 15 is 4.57 Å². The fourth-order valence-electron chi connectivity index (χ4n) is 8.18. The SMILES string of the molecule is O=[N+]([O-])c1ccc(OP(=O)(Oc2ccc([N+](=O)[O-])c(-c3ccccc3)c2-c2ccccc2)Oc2ccc([N+](=O)[O-])c(-c3ccccc3)c2-c2ccccc2)c(-c2ccccc2)c1-c1ccccc1. The Morgan fingerprint density at radius 3 is 0.662 bits per heavy atom. The molecule has 0 aromatic heterocycles. The van der Waals surface area contributed by atoms with Gasteiger partial charge in [-0.25, -0.2) is 0 Å². The molecule has 9 aromatic rings. The molecule has 0 atom stereocenters. The molecule has 0 aliphatic heterocycles. The van der Waals surface area contributed by atoms with Crippen LogP contribution < -0.4 is 13.6 Å². The van der Waals surface area contributed by atoms with Crippen molar-refractivity contribution in [2.75, 3.05) is 0 Å². The standard InChI is InChI=1S/C54H36N3O10P/c58-55(59)43-31-34-46(52(40-25-13-4-14-26-40)49(43)37-19-7-1-8-20-37)65-68(64,66-47-35-32-44(56(60)61)50(38-21-9-2-10-22-38)53(47)41-27-15-5-16-28-41)67-48-36-33-45(57(62)63)51(39-23-11-3-12-24-39)54(48)42-29-17-6-18-30-42/h1-36H. The molecule has 0 heterocycles. The minimum Gasteiger partial charge on any atom is -0.385 e. The van der Waals surface area contributed by atoms with Gasteiger partial charge in [0.15, 0.2) is 0 Å². The lowest BCUT2D eigenvalue weighted by Gasteiger charge is -2.25. The van der Waals surface area contributed by atoms with Gasteiger partial charge in [-0.3, -0.25) is 30.3 Å². The summed E-state index contributed by atoms with van der Waals surface area (Å²) >= 11 is 0. The maximum absolute atomic E-state index is 16.4. The molecule has 0 unspecified atom stereocenters. The zero-order chi connectivity index (χ0) is 47.2. The van der Waals surface area contributed by atoms with Gasteiger partial charge in [-0.15, -0.1) is 0 Å². The third-order valence-electron chi connectivity index (χ3n) is 11.0. The summed E-state index contributed by atoms with van der Waals surface area (Å²) in [5.41, 5.74) is 2.83. The molecule has 13 nitrogen and oxygen atoms in total. The number of benzene rings is 9. The molecule has 0 N–H and O–H groups in total. The van der Waals surface area contributed by atoms with Crippen molar-refractivity contribution in [3.05, 3.63) is 249 Å². The molecule has 9 rings (SSSR count). The molecular formula is C54H36N3O10P. The number of rotatable bonds is 15. The highest BCUT2D eigenvalue weighted by Gasteiger charge is 2.40. The maximum atomic E-state index is 16.4. The van der Waals surface area contributed by atoms with Gasteiger partial charge in [0.25, 0.3) is 17.1 Å². The van der Waals surface area contributed by atoms with Crippen LogP contribution in [0.25, 0.3) is 66.8 Å². The van der Waals surface area contributed by atoms with Gasteiger partial charge in [-0.05, 0) is 51.6 Å². The van der Waals surface area contributed by atoms with Gasteiger partial charge in [0.05, 0.1) is 31.5 Å². The number of hydrogen-bond acceptors (Lipinski definition) is 10. The molecule has 0 fully saturated rings. The Morgan fingerprint density at radius 2 is 0.471 bits per heavy atom. The first-order valence-corrected chi connectivity index (χ1v) is 22.5. The summed E-state index contributed by atoms with van der Waals surface area (Å²) in [5, 5.41) is 38.4. The van der Waals surface area contributed by atoms with Crippen molar-refractivity contribution in [1.82, 2.24) is 0 Å². The van der Waals surface area contributed by atoms with E-state index in [0.29, 0.717) is 33.4 Å². The third-order valence-corrected chi connectivity index (χ3v) is 12.3. The highest BCUT2D eigenvalue weighted by molar-refractivity contribution is 7.49. The van der Waals surface area contributed by atoms with Crippen LogP contribution in [0.15, 0.2) is 218 Å². The normalized spacial score (nSPS) is 11.1. The Morgan fingerprint density at radius 1 is 0.279 bits per heavy atom. The smallest absolute Gasteiger partial charge is 0.385 e. The van der Waals surface area contributed by atoms with E-state index in [4.69, 9.17) is 13.6 Å². The summed E-state index contributed by atoms with van der Waals surface area (Å²) in [6.07, 6.45) is 0. The second-order valence-corrected chi connectivity index (χ2v) is 16.6. The number of nitro groups is 3.